The fraction of sp³-hybridized carbons (Fsp3) is 0.316. The number of esters is 1. The number of nitrogens with zero attached hydrogens (tertiary/aromatic N) is 2. The molecule has 1 aliphatic heterocycles. The molecule has 2 aromatic carbocycles. The average molecular weight is 390 g/mol. The van der Waals surface area contributed by atoms with Gasteiger partial charge in [0.25, 0.3) is 0 Å². The molecule has 0 aliphatic carbocycles. The zero-order chi connectivity index (χ0) is 19.4. The molecule has 0 atom stereocenters. The van der Waals surface area contributed by atoms with Gasteiger partial charge in [0.1, 0.15) is 5.75 Å². The molecule has 7 nitrogen and oxygen atoms in total. The third-order valence-electron chi connectivity index (χ3n) is 4.57. The monoisotopic (exact) mass is 390 g/mol. The van der Waals surface area contributed by atoms with E-state index in [0.29, 0.717) is 26.2 Å². The van der Waals surface area contributed by atoms with E-state index in [9.17, 15) is 13.2 Å². The molecule has 1 saturated heterocycles. The van der Waals surface area contributed by atoms with Crippen LogP contribution in [0.3, 0.4) is 0 Å². The summed E-state index contributed by atoms with van der Waals surface area (Å²) in [6, 6.07) is 13.8. The van der Waals surface area contributed by atoms with Crippen LogP contribution in [0.15, 0.2) is 53.4 Å². The summed E-state index contributed by atoms with van der Waals surface area (Å²) in [7, 11) is -0.946. The van der Waals surface area contributed by atoms with Crippen LogP contribution >= 0.6 is 0 Å². The van der Waals surface area contributed by atoms with Crippen LogP contribution in [0.4, 0.5) is 5.69 Å². The summed E-state index contributed by atoms with van der Waals surface area (Å²) in [5.41, 5.74) is 0.985. The lowest BCUT2D eigenvalue weighted by Gasteiger charge is -2.36. The van der Waals surface area contributed by atoms with Gasteiger partial charge in [0, 0.05) is 26.2 Å². The molecule has 0 bridgehead atoms. The third kappa shape index (κ3) is 3.77. The van der Waals surface area contributed by atoms with E-state index >= 15 is 0 Å². The van der Waals surface area contributed by atoms with E-state index in [-0.39, 0.29) is 10.5 Å². The van der Waals surface area contributed by atoms with E-state index in [1.54, 1.807) is 19.2 Å². The molecule has 0 unspecified atom stereocenters. The zero-order valence-electron chi connectivity index (χ0n) is 15.3. The van der Waals surface area contributed by atoms with E-state index in [1.165, 1.54) is 23.5 Å². The number of ether oxygens (including phenoxy) is 2. The van der Waals surface area contributed by atoms with Crippen LogP contribution in [0.5, 0.6) is 5.75 Å². The first-order valence-electron chi connectivity index (χ1n) is 8.54. The van der Waals surface area contributed by atoms with Gasteiger partial charge in [-0.05, 0) is 24.3 Å². The van der Waals surface area contributed by atoms with Crippen molar-refractivity contribution < 1.29 is 22.7 Å². The van der Waals surface area contributed by atoms with Crippen molar-refractivity contribution in [2.24, 2.45) is 0 Å². The Kier molecular flexibility index (Phi) is 5.67. The van der Waals surface area contributed by atoms with Gasteiger partial charge >= 0.3 is 5.97 Å². The number of piperazine rings is 1. The Bertz CT molecular complexity index is 921. The van der Waals surface area contributed by atoms with Gasteiger partial charge < -0.3 is 14.4 Å². The van der Waals surface area contributed by atoms with Gasteiger partial charge in [0.15, 0.2) is 0 Å². The first-order chi connectivity index (χ1) is 13.0. The Morgan fingerprint density at radius 1 is 0.926 bits per heavy atom. The van der Waals surface area contributed by atoms with Gasteiger partial charge in [-0.25, -0.2) is 13.2 Å². The number of carbonyl (C=O) groups excluding carboxylic acids is 1. The third-order valence-corrected chi connectivity index (χ3v) is 6.53. The van der Waals surface area contributed by atoms with Crippen LogP contribution in [0.1, 0.15) is 10.4 Å². The molecule has 0 spiro atoms. The van der Waals surface area contributed by atoms with Crippen LogP contribution in [-0.2, 0) is 14.8 Å². The zero-order valence-corrected chi connectivity index (χ0v) is 16.1. The van der Waals surface area contributed by atoms with Crippen molar-refractivity contribution in [3.05, 3.63) is 54.1 Å². The molecule has 0 N–H and O–H groups in total. The minimum absolute atomic E-state index is 0.0254. The predicted molar refractivity (Wildman–Crippen MR) is 102 cm³/mol. The number of carbonyl (C=O) groups is 1. The van der Waals surface area contributed by atoms with Gasteiger partial charge in [-0.2, -0.15) is 4.31 Å². The standard InChI is InChI=1S/C19H22N2O5S/c1-25-17-9-5-4-8-16(17)20-11-13-21(14-12-20)27(23,24)18-10-6-3-7-15(18)19(22)26-2/h3-10H,11-14H2,1-2H3. The summed E-state index contributed by atoms with van der Waals surface area (Å²) in [5, 5.41) is 0. The molecule has 8 heteroatoms. The predicted octanol–water partition coefficient (Wildman–Crippen LogP) is 1.99. The Morgan fingerprint density at radius 3 is 2.22 bits per heavy atom. The fourth-order valence-corrected chi connectivity index (χ4v) is 4.77. The maximum absolute atomic E-state index is 13.1. The van der Waals surface area contributed by atoms with Crippen molar-refractivity contribution >= 4 is 21.7 Å². The highest BCUT2D eigenvalue weighted by atomic mass is 32.2. The van der Waals surface area contributed by atoms with Crippen LogP contribution in [0.25, 0.3) is 0 Å². The molecule has 1 heterocycles. The summed E-state index contributed by atoms with van der Waals surface area (Å²) >= 11 is 0. The number of hydrogen-bond acceptors (Lipinski definition) is 6. The minimum atomic E-state index is -3.79. The minimum Gasteiger partial charge on any atom is -0.495 e. The van der Waals surface area contributed by atoms with E-state index < -0.39 is 16.0 Å². The van der Waals surface area contributed by atoms with Gasteiger partial charge in [0.05, 0.1) is 30.4 Å². The molecule has 0 radical (unpaired) electrons. The molecular weight excluding hydrogens is 368 g/mol. The first kappa shape index (κ1) is 19.2. The van der Waals surface area contributed by atoms with Crippen molar-refractivity contribution in [2.45, 2.75) is 4.90 Å². The molecule has 0 amide bonds. The molecule has 1 aliphatic rings. The normalized spacial score (nSPS) is 15.4. The lowest BCUT2D eigenvalue weighted by Crippen LogP contribution is -2.49. The largest absolute Gasteiger partial charge is 0.495 e. The Morgan fingerprint density at radius 2 is 1.56 bits per heavy atom. The second kappa shape index (κ2) is 7.98. The molecule has 1 fully saturated rings. The molecular formula is C19H22N2O5S. The van der Waals surface area contributed by atoms with E-state index in [0.717, 1.165) is 11.4 Å². The van der Waals surface area contributed by atoms with Crippen molar-refractivity contribution in [3.8, 4) is 5.75 Å². The SMILES string of the molecule is COC(=O)c1ccccc1S(=O)(=O)N1CCN(c2ccccc2OC)CC1. The number of sulfonamides is 1. The average Bonchev–Trinajstić information content (AvgIpc) is 2.73. The van der Waals surface area contributed by atoms with Gasteiger partial charge in [-0.15, -0.1) is 0 Å². The summed E-state index contributed by atoms with van der Waals surface area (Å²) in [4.78, 5) is 14.0. The maximum atomic E-state index is 13.1. The number of methoxy groups -OCH3 is 2. The first-order valence-corrected chi connectivity index (χ1v) is 9.98. The smallest absolute Gasteiger partial charge is 0.339 e. The highest BCUT2D eigenvalue weighted by Crippen LogP contribution is 2.29. The van der Waals surface area contributed by atoms with Gasteiger partial charge in [-0.1, -0.05) is 24.3 Å². The summed E-state index contributed by atoms with van der Waals surface area (Å²) in [6.07, 6.45) is 0. The second-order valence-corrected chi connectivity index (χ2v) is 7.96. The number of para-hydroxylation sites is 2. The van der Waals surface area contributed by atoms with Crippen LogP contribution in [-0.4, -0.2) is 59.1 Å². The quantitative estimate of drug-likeness (QED) is 0.727. The fourth-order valence-electron chi connectivity index (χ4n) is 3.17. The van der Waals surface area contributed by atoms with Gasteiger partial charge in [-0.3, -0.25) is 0 Å². The lowest BCUT2D eigenvalue weighted by atomic mass is 10.2. The topological polar surface area (TPSA) is 76.2 Å². The molecule has 3 rings (SSSR count). The Labute approximate surface area is 159 Å². The number of hydrogen-bond donors (Lipinski definition) is 0. The molecule has 144 valence electrons. The number of anilines is 1. The summed E-state index contributed by atoms with van der Waals surface area (Å²) in [5.74, 6) is 0.0895. The molecule has 0 aromatic heterocycles. The molecule has 0 saturated carbocycles. The van der Waals surface area contributed by atoms with Gasteiger partial charge in [0.2, 0.25) is 10.0 Å². The lowest BCUT2D eigenvalue weighted by molar-refractivity contribution is 0.0596. The number of benzene rings is 2. The van der Waals surface area contributed by atoms with Crippen LogP contribution in [0.2, 0.25) is 0 Å². The number of rotatable bonds is 5. The van der Waals surface area contributed by atoms with Crippen molar-refractivity contribution in [1.29, 1.82) is 0 Å². The van der Waals surface area contributed by atoms with Crippen molar-refractivity contribution in [3.63, 3.8) is 0 Å². The highest BCUT2D eigenvalue weighted by molar-refractivity contribution is 7.89. The highest BCUT2D eigenvalue weighted by Gasteiger charge is 2.32. The van der Waals surface area contributed by atoms with Crippen LogP contribution < -0.4 is 9.64 Å². The Balaban J connectivity index is 1.81. The van der Waals surface area contributed by atoms with E-state index in [1.807, 2.05) is 24.3 Å². The van der Waals surface area contributed by atoms with Crippen LogP contribution in [0, 0.1) is 0 Å². The summed E-state index contributed by atoms with van der Waals surface area (Å²) < 4.78 is 37.7. The van der Waals surface area contributed by atoms with E-state index in [4.69, 9.17) is 9.47 Å². The maximum Gasteiger partial charge on any atom is 0.339 e. The van der Waals surface area contributed by atoms with E-state index in [2.05, 4.69) is 4.90 Å². The molecule has 2 aromatic rings. The summed E-state index contributed by atoms with van der Waals surface area (Å²) in [6.45, 7) is 1.69. The van der Waals surface area contributed by atoms with Crippen molar-refractivity contribution in [1.82, 2.24) is 4.31 Å². The van der Waals surface area contributed by atoms with Crippen molar-refractivity contribution in [2.75, 3.05) is 45.3 Å². The Hall–Kier alpha value is -2.58. The molecule has 27 heavy (non-hydrogen) atoms. The second-order valence-electron chi connectivity index (χ2n) is 6.05.